The molecule has 0 radical (unpaired) electrons. The van der Waals surface area contributed by atoms with Crippen LogP contribution in [0, 0.1) is 53.9 Å². The van der Waals surface area contributed by atoms with E-state index in [0.29, 0.717) is 39.7 Å². The van der Waals surface area contributed by atoms with Crippen LogP contribution >= 0.6 is 0 Å². The molecular weight excluding hydrogens is 1190 g/mol. The highest BCUT2D eigenvalue weighted by atomic mass is 16.4. The van der Waals surface area contributed by atoms with Crippen molar-refractivity contribution in [2.45, 2.75) is 162 Å². The van der Waals surface area contributed by atoms with Crippen LogP contribution < -0.4 is 19.6 Å². The Morgan fingerprint density at radius 1 is 0.438 bits per heavy atom. The number of aryl methyl sites for hydroxylation is 8. The monoisotopic (exact) mass is 1300 g/mol. The van der Waals surface area contributed by atoms with Crippen molar-refractivity contribution in [1.82, 2.24) is 39.5 Å². The number of nitrogens with zero attached hydrogens (tertiary/aromatic N) is 12. The van der Waals surface area contributed by atoms with Crippen molar-refractivity contribution >= 4 is 111 Å². The van der Waals surface area contributed by atoms with Crippen LogP contribution in [0.2, 0.25) is 0 Å². The molecule has 12 heterocycles. The Kier molecular flexibility index (Phi) is 13.1. The summed E-state index contributed by atoms with van der Waals surface area (Å²) < 4.78 is 135. The van der Waals surface area contributed by atoms with Gasteiger partial charge in [-0.2, -0.15) is 0 Å². The van der Waals surface area contributed by atoms with Crippen molar-refractivity contribution in [2.24, 2.45) is 5.41 Å². The van der Waals surface area contributed by atoms with Crippen LogP contribution in [-0.4, -0.2) is 90.2 Å². The highest BCUT2D eigenvalue weighted by Gasteiger charge is 2.33. The molecule has 0 aliphatic carbocycles. The fourth-order valence-electron chi connectivity index (χ4n) is 13.4. The van der Waals surface area contributed by atoms with E-state index in [-0.39, 0.29) is 25.0 Å². The van der Waals surface area contributed by atoms with E-state index in [9.17, 15) is 0 Å². The van der Waals surface area contributed by atoms with Crippen molar-refractivity contribution in [3.63, 3.8) is 0 Å². The molecule has 0 amide bonds. The molecule has 0 unspecified atom stereocenters. The molecule has 16 heteroatoms. The van der Waals surface area contributed by atoms with Gasteiger partial charge >= 0.3 is 0 Å². The Bertz CT molecular complexity index is 5520. The number of anilines is 4. The van der Waals surface area contributed by atoms with Crippen LogP contribution in [0.1, 0.15) is 140 Å². The average Bonchev–Trinajstić information content (AvgIpc) is 1.59. The molecule has 16 nitrogen and oxygen atoms in total. The molecular formula is C80H92N12O4. The molecule has 4 aliphatic rings. The fourth-order valence-corrected chi connectivity index (χ4v) is 13.4. The van der Waals surface area contributed by atoms with Crippen LogP contribution in [0.25, 0.3) is 88.3 Å². The van der Waals surface area contributed by atoms with Gasteiger partial charge < -0.3 is 56.9 Å². The number of fused-ring (bicyclic) bond motifs is 12. The number of furan rings is 4. The second-order valence-electron chi connectivity index (χ2n) is 25.8. The van der Waals surface area contributed by atoms with Gasteiger partial charge in [0.15, 0.2) is 22.3 Å². The molecule has 0 fully saturated rings. The number of hydrogen-bond acceptors (Lipinski definition) is 16. The molecule has 12 aromatic rings. The van der Waals surface area contributed by atoms with Crippen LogP contribution in [0.15, 0.2) is 164 Å². The summed E-state index contributed by atoms with van der Waals surface area (Å²) in [4.78, 5) is 32.9. The highest BCUT2D eigenvalue weighted by molar-refractivity contribution is 6.12. The Labute approximate surface area is 583 Å². The van der Waals surface area contributed by atoms with E-state index in [1.807, 2.05) is 176 Å². The first-order valence-corrected chi connectivity index (χ1v) is 32.5. The van der Waals surface area contributed by atoms with E-state index in [1.165, 1.54) is 18.7 Å². The summed E-state index contributed by atoms with van der Waals surface area (Å²) in [6.07, 6.45) is 12.3. The quantitative estimate of drug-likeness (QED) is 0.143. The zero-order valence-electron chi connectivity index (χ0n) is 71.4. The van der Waals surface area contributed by atoms with Crippen LogP contribution in [0.4, 0.5) is 22.7 Å². The summed E-state index contributed by atoms with van der Waals surface area (Å²) in [6, 6.07) is 31.2. The lowest BCUT2D eigenvalue weighted by molar-refractivity contribution is 0.221. The zero-order chi connectivity index (χ0) is 79.9. The summed E-state index contributed by atoms with van der Waals surface area (Å²) in [7, 11) is 0. The maximum atomic E-state index is 8.35. The van der Waals surface area contributed by atoms with Gasteiger partial charge in [0, 0.05) is 159 Å². The second kappa shape index (κ2) is 25.3. The normalized spacial score (nSPS) is 20.8. The minimum atomic E-state index is -2.64. The van der Waals surface area contributed by atoms with Crippen molar-refractivity contribution < 1.29 is 36.9 Å². The average molecular weight is 1300 g/mol. The van der Waals surface area contributed by atoms with E-state index in [4.69, 9.17) is 36.9 Å². The Morgan fingerprint density at radius 3 is 1.16 bits per heavy atom. The number of benzene rings is 4. The third-order valence-corrected chi connectivity index (χ3v) is 18.6. The molecule has 4 atom stereocenters. The minimum absolute atomic E-state index is 0.0414. The second-order valence-corrected chi connectivity index (χ2v) is 25.8. The van der Waals surface area contributed by atoms with E-state index in [2.05, 4.69) is 73.9 Å². The first-order chi connectivity index (χ1) is 51.3. The summed E-state index contributed by atoms with van der Waals surface area (Å²) >= 11 is 0. The smallest absolute Gasteiger partial charge is 0.227 e. The molecule has 96 heavy (non-hydrogen) atoms. The van der Waals surface area contributed by atoms with E-state index < -0.39 is 51.1 Å². The van der Waals surface area contributed by atoms with Gasteiger partial charge in [0.05, 0.1) is 24.1 Å². The van der Waals surface area contributed by atoms with Gasteiger partial charge in [-0.25, -0.2) is 19.9 Å². The number of rotatable bonds is 8. The predicted molar refractivity (Wildman–Crippen MR) is 396 cm³/mol. The van der Waals surface area contributed by atoms with Crippen molar-refractivity contribution in [2.75, 3.05) is 39.6 Å². The summed E-state index contributed by atoms with van der Waals surface area (Å²) in [5.74, 6) is 0. The molecule has 8 aromatic heterocycles. The molecule has 16 rings (SSSR count). The summed E-state index contributed by atoms with van der Waals surface area (Å²) in [6.45, 7) is 20.8. The van der Waals surface area contributed by atoms with E-state index in [0.717, 1.165) is 116 Å². The zero-order valence-corrected chi connectivity index (χ0v) is 57.4. The van der Waals surface area contributed by atoms with Gasteiger partial charge in [-0.3, -0.25) is 0 Å². The first kappa shape index (κ1) is 49.6. The Hall–Kier alpha value is -9.96. The molecule has 0 N–H and O–H groups in total. The molecule has 0 saturated heterocycles. The van der Waals surface area contributed by atoms with E-state index >= 15 is 0 Å². The fraction of sp³-hybridized carbons (Fsp3) is 0.350. The van der Waals surface area contributed by atoms with Gasteiger partial charge in [-0.15, -0.1) is 0 Å². The maximum absolute atomic E-state index is 8.35. The van der Waals surface area contributed by atoms with Gasteiger partial charge in [0.2, 0.25) is 22.9 Å². The third-order valence-electron chi connectivity index (χ3n) is 18.6. The largest absolute Gasteiger partial charge is 0.435 e. The van der Waals surface area contributed by atoms with Gasteiger partial charge in [0.1, 0.15) is 24.7 Å². The molecule has 0 saturated carbocycles. The predicted octanol–water partition coefficient (Wildman–Crippen LogP) is 19.5. The molecule has 4 aliphatic heterocycles. The number of hydrogen-bond donors (Lipinski definition) is 0. The Balaban J connectivity index is 0.000000129. The summed E-state index contributed by atoms with van der Waals surface area (Å²) in [5, 5.41) is 7.68. The van der Waals surface area contributed by atoms with E-state index in [1.54, 1.807) is 47.6 Å². The van der Waals surface area contributed by atoms with Crippen molar-refractivity contribution in [1.29, 1.82) is 0 Å². The lowest BCUT2D eigenvalue weighted by Gasteiger charge is -2.34. The van der Waals surface area contributed by atoms with Crippen LogP contribution in [0.5, 0.6) is 0 Å². The maximum Gasteiger partial charge on any atom is 0.227 e. The first-order valence-electron chi connectivity index (χ1n) is 39.5. The molecule has 0 bridgehead atoms. The molecule has 496 valence electrons. The van der Waals surface area contributed by atoms with Crippen molar-refractivity contribution in [3.05, 3.63) is 192 Å². The highest BCUT2D eigenvalue weighted by Crippen LogP contribution is 2.44. The standard InChI is InChI=1S/C22H27N3O.C20H23N3O.2C19H21N3O/c1-14-7-9-17-18-10-8-15(2)23-21(18)26-20(17)19(14)25-12-11-24(16(25)3)13-22(4,5)6;1-12(2)22-10-11-23(15(22)5)18-13(3)6-8-16-17-9-7-14(4)21-20(17)24-19(16)18;1-5-14-7-9-16-15-8-6-12(2)17(18(15)23-19(16)20-14)22-11-10-21(4)13(22)3;1-5-21-10-11-22(14(21)4)17-12(2)6-8-15-16-9-7-13(3)20-19(16)23-18(15)17/h7-12,16H,13H2,1-6H3;6-12,15H,1-5H3;6-11,13H,5H2,1-4H3;6-11,14H,5H2,1-4H3/t16-;15-;13-;14-/m0000/s1/i4D3,5D3;12D;4D3,5D2;5D2. The van der Waals surface area contributed by atoms with Gasteiger partial charge in [0.25, 0.3) is 0 Å². The van der Waals surface area contributed by atoms with Gasteiger partial charge in [-0.05, 0) is 180 Å². The molecule has 0 spiro atoms. The lowest BCUT2D eigenvalue weighted by atomic mass is 9.96. The van der Waals surface area contributed by atoms with Crippen LogP contribution in [0.3, 0.4) is 0 Å². The number of pyridine rings is 4. The van der Waals surface area contributed by atoms with Crippen molar-refractivity contribution in [3.8, 4) is 0 Å². The van der Waals surface area contributed by atoms with Gasteiger partial charge in [-0.1, -0.05) is 76.1 Å². The summed E-state index contributed by atoms with van der Waals surface area (Å²) in [5.41, 5.74) is 14.2. The lowest BCUT2D eigenvalue weighted by Crippen LogP contribution is -2.40. The SMILES string of the molecule is [2H]C(C)(C)N1C=CN(c2c(C)ccc3c2oc2nc(C)ccc23)[C@H]1C.[2H]C([2H])(C)N1C=CN(c2c(C)ccc3c2oc2nc(C)ccc23)[C@H]1C.[2H]C([2H])(C)c1ccc2c(n1)oc1c(N3C=CN(C([2H])([2H])[2H])[C@@H]3C)c(C)ccc12.[2H]C([2H])([2H])C(C)(CN1C=CN(c2c(C)ccc3c2oc2nc(C)ccc23)[C@H]1C)C([2H])([2H])[2H]. The number of aromatic nitrogens is 4. The van der Waals surface area contributed by atoms with Crippen LogP contribution in [-0.2, 0) is 6.37 Å². The minimum Gasteiger partial charge on any atom is -0.435 e. The Morgan fingerprint density at radius 2 is 0.792 bits per heavy atom. The molecule has 4 aromatic carbocycles. The third kappa shape index (κ3) is 11.6. The topological polar surface area (TPSA) is 130 Å².